The van der Waals surface area contributed by atoms with Crippen LogP contribution < -0.4 is 5.32 Å². The van der Waals surface area contributed by atoms with Crippen molar-refractivity contribution in [2.75, 3.05) is 11.2 Å². The number of hydrogen-bond donors (Lipinski definition) is 1. The monoisotopic (exact) mass is 251 g/mol. The predicted molar refractivity (Wildman–Crippen MR) is 73.8 cm³/mol. The number of aryl methyl sites for hydroxylation is 1. The molecule has 0 saturated carbocycles. The van der Waals surface area contributed by atoms with Gasteiger partial charge >= 0.3 is 0 Å². The van der Waals surface area contributed by atoms with Crippen LogP contribution in [0.25, 0.3) is 11.0 Å². The Morgan fingerprint density at radius 2 is 2.18 bits per heavy atom. The quantitative estimate of drug-likeness (QED) is 0.826. The summed E-state index contributed by atoms with van der Waals surface area (Å²) >= 11 is 5.79. The summed E-state index contributed by atoms with van der Waals surface area (Å²) in [4.78, 5) is 4.59. The highest BCUT2D eigenvalue weighted by molar-refractivity contribution is 6.17. The van der Waals surface area contributed by atoms with Gasteiger partial charge in [-0.1, -0.05) is 19.1 Å². The first-order valence-corrected chi connectivity index (χ1v) is 6.53. The third-order valence-electron chi connectivity index (χ3n) is 3.07. The predicted octanol–water partition coefficient (Wildman–Crippen LogP) is 3.39. The van der Waals surface area contributed by atoms with Crippen molar-refractivity contribution in [3.8, 4) is 0 Å². The van der Waals surface area contributed by atoms with Crippen molar-refractivity contribution in [1.29, 1.82) is 0 Å². The molecule has 17 heavy (non-hydrogen) atoms. The number of nitrogens with one attached hydrogen (secondary N) is 1. The van der Waals surface area contributed by atoms with E-state index in [1.54, 1.807) is 0 Å². The number of imidazole rings is 1. The van der Waals surface area contributed by atoms with Gasteiger partial charge in [-0.3, -0.25) is 0 Å². The van der Waals surface area contributed by atoms with E-state index in [0.717, 1.165) is 29.8 Å². The molecule has 0 aliphatic carbocycles. The smallest absolute Gasteiger partial charge is 0.203 e. The van der Waals surface area contributed by atoms with E-state index in [4.69, 9.17) is 11.6 Å². The van der Waals surface area contributed by atoms with Crippen molar-refractivity contribution in [3.63, 3.8) is 0 Å². The Morgan fingerprint density at radius 1 is 1.41 bits per heavy atom. The minimum Gasteiger partial charge on any atom is -0.353 e. The normalized spacial score (nSPS) is 12.9. The molecule has 1 unspecified atom stereocenters. The molecule has 1 N–H and O–H groups in total. The molecule has 0 aliphatic rings. The van der Waals surface area contributed by atoms with Crippen LogP contribution in [0.2, 0.25) is 0 Å². The number of hydrogen-bond acceptors (Lipinski definition) is 2. The highest BCUT2D eigenvalue weighted by atomic mass is 35.5. The Labute approximate surface area is 107 Å². The second-order valence-electron chi connectivity index (χ2n) is 4.21. The maximum atomic E-state index is 5.79. The van der Waals surface area contributed by atoms with Crippen LogP contribution in [0, 0.1) is 0 Å². The lowest BCUT2D eigenvalue weighted by Crippen LogP contribution is -2.21. The number of nitrogens with zero attached hydrogens (tertiary/aromatic N) is 2. The molecule has 0 bridgehead atoms. The summed E-state index contributed by atoms with van der Waals surface area (Å²) in [6.07, 6.45) is 2.01. The van der Waals surface area contributed by atoms with E-state index in [9.17, 15) is 0 Å². The van der Waals surface area contributed by atoms with Crippen LogP contribution in [0.3, 0.4) is 0 Å². The molecule has 0 spiro atoms. The number of alkyl halides is 1. The number of fused-ring (bicyclic) bond motifs is 1. The molecular formula is C13H18ClN3. The van der Waals surface area contributed by atoms with Crippen LogP contribution in [0.5, 0.6) is 0 Å². The van der Waals surface area contributed by atoms with Crippen molar-refractivity contribution in [1.82, 2.24) is 9.55 Å². The SMILES string of the molecule is CCC(CCCl)Nc1nc2ccccc2n1C. The fourth-order valence-electron chi connectivity index (χ4n) is 1.97. The lowest BCUT2D eigenvalue weighted by molar-refractivity contribution is 0.663. The van der Waals surface area contributed by atoms with E-state index in [2.05, 4.69) is 27.9 Å². The molecule has 1 aromatic heterocycles. The number of aromatic nitrogens is 2. The molecule has 2 aromatic rings. The average molecular weight is 252 g/mol. The highest BCUT2D eigenvalue weighted by Crippen LogP contribution is 2.19. The van der Waals surface area contributed by atoms with Crippen molar-refractivity contribution in [3.05, 3.63) is 24.3 Å². The van der Waals surface area contributed by atoms with E-state index in [1.165, 1.54) is 0 Å². The Bertz CT molecular complexity index is 492. The van der Waals surface area contributed by atoms with Gasteiger partial charge < -0.3 is 9.88 Å². The maximum absolute atomic E-state index is 5.79. The van der Waals surface area contributed by atoms with Gasteiger partial charge in [-0.05, 0) is 25.0 Å². The summed E-state index contributed by atoms with van der Waals surface area (Å²) in [5.41, 5.74) is 2.17. The second kappa shape index (κ2) is 5.41. The van der Waals surface area contributed by atoms with Crippen LogP contribution in [-0.2, 0) is 7.05 Å². The first-order chi connectivity index (χ1) is 8.26. The van der Waals surface area contributed by atoms with Gasteiger partial charge in [0.1, 0.15) is 0 Å². The molecule has 92 valence electrons. The van der Waals surface area contributed by atoms with Crippen molar-refractivity contribution in [2.24, 2.45) is 7.05 Å². The molecule has 4 heteroatoms. The topological polar surface area (TPSA) is 29.9 Å². The van der Waals surface area contributed by atoms with Gasteiger partial charge in [0.15, 0.2) is 0 Å². The van der Waals surface area contributed by atoms with Gasteiger partial charge in [0, 0.05) is 19.0 Å². The van der Waals surface area contributed by atoms with Crippen LogP contribution in [-0.4, -0.2) is 21.5 Å². The van der Waals surface area contributed by atoms with Crippen molar-refractivity contribution < 1.29 is 0 Å². The lowest BCUT2D eigenvalue weighted by atomic mass is 10.2. The molecule has 0 amide bonds. The average Bonchev–Trinajstić information content (AvgIpc) is 2.66. The first kappa shape index (κ1) is 12.2. The minimum atomic E-state index is 0.392. The number of benzene rings is 1. The number of para-hydroxylation sites is 2. The van der Waals surface area contributed by atoms with Gasteiger partial charge in [-0.15, -0.1) is 11.6 Å². The van der Waals surface area contributed by atoms with Gasteiger partial charge in [-0.25, -0.2) is 4.98 Å². The maximum Gasteiger partial charge on any atom is 0.203 e. The molecule has 0 fully saturated rings. The van der Waals surface area contributed by atoms with Gasteiger partial charge in [0.2, 0.25) is 5.95 Å². The third kappa shape index (κ3) is 2.55. The summed E-state index contributed by atoms with van der Waals surface area (Å²) in [5, 5.41) is 3.45. The van der Waals surface area contributed by atoms with E-state index in [0.29, 0.717) is 11.9 Å². The zero-order valence-corrected chi connectivity index (χ0v) is 11.0. The second-order valence-corrected chi connectivity index (χ2v) is 4.59. The standard InChI is InChI=1S/C13H18ClN3/c1-3-10(8-9-14)15-13-16-11-6-4-5-7-12(11)17(13)2/h4-7,10H,3,8-9H2,1-2H3,(H,15,16). The fourth-order valence-corrected chi connectivity index (χ4v) is 2.23. The fraction of sp³-hybridized carbons (Fsp3) is 0.462. The van der Waals surface area contributed by atoms with Crippen molar-refractivity contribution >= 4 is 28.6 Å². The molecule has 0 saturated heterocycles. The van der Waals surface area contributed by atoms with E-state index in [-0.39, 0.29) is 0 Å². The van der Waals surface area contributed by atoms with Gasteiger partial charge in [0.25, 0.3) is 0 Å². The Hall–Kier alpha value is -1.22. The molecule has 0 aliphatic heterocycles. The zero-order chi connectivity index (χ0) is 12.3. The van der Waals surface area contributed by atoms with Crippen LogP contribution >= 0.6 is 11.6 Å². The van der Waals surface area contributed by atoms with E-state index >= 15 is 0 Å². The Balaban J connectivity index is 2.26. The summed E-state index contributed by atoms with van der Waals surface area (Å²) in [5.74, 6) is 1.60. The summed E-state index contributed by atoms with van der Waals surface area (Å²) in [6, 6.07) is 8.54. The largest absolute Gasteiger partial charge is 0.353 e. The molecular weight excluding hydrogens is 234 g/mol. The zero-order valence-electron chi connectivity index (χ0n) is 10.3. The van der Waals surface area contributed by atoms with Crippen LogP contribution in [0.15, 0.2) is 24.3 Å². The van der Waals surface area contributed by atoms with Gasteiger partial charge in [-0.2, -0.15) is 0 Å². The molecule has 0 radical (unpaired) electrons. The molecule has 3 nitrogen and oxygen atoms in total. The number of rotatable bonds is 5. The number of anilines is 1. The third-order valence-corrected chi connectivity index (χ3v) is 3.29. The first-order valence-electron chi connectivity index (χ1n) is 6.00. The minimum absolute atomic E-state index is 0.392. The Kier molecular flexibility index (Phi) is 3.89. The van der Waals surface area contributed by atoms with Gasteiger partial charge in [0.05, 0.1) is 11.0 Å². The lowest BCUT2D eigenvalue weighted by Gasteiger charge is -2.16. The molecule has 2 rings (SSSR count). The number of halogens is 1. The van der Waals surface area contributed by atoms with Crippen LogP contribution in [0.1, 0.15) is 19.8 Å². The van der Waals surface area contributed by atoms with Crippen molar-refractivity contribution in [2.45, 2.75) is 25.8 Å². The molecule has 1 atom stereocenters. The van der Waals surface area contributed by atoms with Crippen LogP contribution in [0.4, 0.5) is 5.95 Å². The summed E-state index contributed by atoms with van der Waals surface area (Å²) < 4.78 is 2.09. The summed E-state index contributed by atoms with van der Waals surface area (Å²) in [7, 11) is 2.03. The summed E-state index contributed by atoms with van der Waals surface area (Å²) in [6.45, 7) is 2.16. The van der Waals surface area contributed by atoms with E-state index < -0.39 is 0 Å². The highest BCUT2D eigenvalue weighted by Gasteiger charge is 2.11. The van der Waals surface area contributed by atoms with E-state index in [1.807, 2.05) is 25.2 Å². The molecule has 1 aromatic carbocycles. The molecule has 1 heterocycles. The Morgan fingerprint density at radius 3 is 2.82 bits per heavy atom.